The molecule has 0 spiro atoms. The van der Waals surface area contributed by atoms with Crippen molar-refractivity contribution < 1.29 is 19.5 Å². The fourth-order valence-corrected chi connectivity index (χ4v) is 2.44. The van der Waals surface area contributed by atoms with Crippen LogP contribution in [0.1, 0.15) is 55.1 Å². The third kappa shape index (κ3) is 4.81. The van der Waals surface area contributed by atoms with Crippen molar-refractivity contribution in [3.8, 4) is 12.3 Å². The van der Waals surface area contributed by atoms with Crippen molar-refractivity contribution in [2.45, 2.75) is 45.3 Å². The van der Waals surface area contributed by atoms with Gasteiger partial charge in [0, 0.05) is 11.1 Å². The molecule has 1 aromatic carbocycles. The molecule has 6 heteroatoms. The van der Waals surface area contributed by atoms with Gasteiger partial charge < -0.3 is 10.5 Å². The third-order valence-electron chi connectivity index (χ3n) is 3.22. The van der Waals surface area contributed by atoms with Crippen molar-refractivity contribution in [3.05, 3.63) is 34.9 Å². The maximum absolute atomic E-state index is 12.2. The first-order valence-corrected chi connectivity index (χ1v) is 7.13. The highest BCUT2D eigenvalue weighted by Crippen LogP contribution is 2.29. The van der Waals surface area contributed by atoms with Gasteiger partial charge in [0.05, 0.1) is 17.6 Å². The van der Waals surface area contributed by atoms with Crippen molar-refractivity contribution in [2.75, 3.05) is 0 Å². The lowest BCUT2D eigenvalue weighted by atomic mass is 9.87. The summed E-state index contributed by atoms with van der Waals surface area (Å²) in [6.45, 7) is 7.19. The maximum Gasteiger partial charge on any atom is 0.253 e. The second kappa shape index (κ2) is 7.27. The van der Waals surface area contributed by atoms with Crippen LogP contribution < -0.4 is 11.2 Å². The molecule has 124 valence electrons. The molecule has 0 saturated carbocycles. The van der Waals surface area contributed by atoms with E-state index in [-0.39, 0.29) is 5.56 Å². The van der Waals surface area contributed by atoms with Crippen molar-refractivity contribution in [3.63, 3.8) is 0 Å². The molecule has 4 N–H and O–H groups in total. The van der Waals surface area contributed by atoms with Gasteiger partial charge in [-0.3, -0.25) is 14.8 Å². The van der Waals surface area contributed by atoms with E-state index < -0.39 is 29.4 Å². The maximum atomic E-state index is 12.2. The molecular formula is C17H22N2O4. The van der Waals surface area contributed by atoms with Crippen molar-refractivity contribution in [2.24, 2.45) is 5.73 Å². The first-order chi connectivity index (χ1) is 10.6. The monoisotopic (exact) mass is 318 g/mol. The van der Waals surface area contributed by atoms with E-state index in [0.717, 1.165) is 0 Å². The van der Waals surface area contributed by atoms with Crippen molar-refractivity contribution in [1.82, 2.24) is 5.48 Å². The van der Waals surface area contributed by atoms with Gasteiger partial charge in [-0.1, -0.05) is 5.92 Å². The predicted octanol–water partition coefficient (Wildman–Crippen LogP) is 1.56. The number of hydroxylamine groups is 1. The zero-order valence-electron chi connectivity index (χ0n) is 13.7. The molecule has 1 rings (SSSR count). The van der Waals surface area contributed by atoms with E-state index in [1.165, 1.54) is 12.1 Å². The van der Waals surface area contributed by atoms with Gasteiger partial charge in [-0.25, -0.2) is 5.48 Å². The lowest BCUT2D eigenvalue weighted by molar-refractivity contribution is -0.138. The van der Waals surface area contributed by atoms with Gasteiger partial charge in [-0.05, 0) is 51.5 Å². The molecule has 2 unspecified atom stereocenters. The number of rotatable bonds is 5. The number of ether oxygens (including phenoxy) is 1. The number of terminal acetylenes is 1. The average Bonchev–Trinajstić information content (AvgIpc) is 2.44. The van der Waals surface area contributed by atoms with Gasteiger partial charge >= 0.3 is 0 Å². The van der Waals surface area contributed by atoms with Crippen LogP contribution in [0.15, 0.2) is 18.2 Å². The summed E-state index contributed by atoms with van der Waals surface area (Å²) in [4.78, 5) is 23.8. The molecule has 1 aromatic rings. The van der Waals surface area contributed by atoms with Crippen LogP contribution in [0.2, 0.25) is 0 Å². The molecule has 2 amide bonds. The predicted molar refractivity (Wildman–Crippen MR) is 85.9 cm³/mol. The van der Waals surface area contributed by atoms with E-state index in [1.807, 2.05) is 20.8 Å². The van der Waals surface area contributed by atoms with Gasteiger partial charge in [0.1, 0.15) is 0 Å². The van der Waals surface area contributed by atoms with Crippen LogP contribution in [-0.2, 0) is 9.53 Å². The van der Waals surface area contributed by atoms with E-state index in [1.54, 1.807) is 18.5 Å². The Kier molecular flexibility index (Phi) is 5.91. The Morgan fingerprint density at radius 1 is 1.39 bits per heavy atom. The molecular weight excluding hydrogens is 296 g/mol. The first kappa shape index (κ1) is 18.7. The van der Waals surface area contributed by atoms with E-state index >= 15 is 0 Å². The number of hydrogen-bond donors (Lipinski definition) is 3. The summed E-state index contributed by atoms with van der Waals surface area (Å²) in [6.07, 6.45) is 4.75. The lowest BCUT2D eigenvalue weighted by Gasteiger charge is -2.30. The summed E-state index contributed by atoms with van der Waals surface area (Å²) in [5, 5.41) is 9.06. The Labute approximate surface area is 136 Å². The van der Waals surface area contributed by atoms with Crippen LogP contribution >= 0.6 is 0 Å². The molecule has 0 saturated heterocycles. The molecule has 0 heterocycles. The van der Waals surface area contributed by atoms with E-state index in [4.69, 9.17) is 22.1 Å². The number of carbonyl (C=O) groups excluding carboxylic acids is 2. The summed E-state index contributed by atoms with van der Waals surface area (Å²) < 4.78 is 5.81. The van der Waals surface area contributed by atoms with Gasteiger partial charge in [0.25, 0.3) is 5.91 Å². The SMILES string of the molecule is C#Cc1ccc(C(N)=O)c(C(C(=O)NO)C(C)OC(C)(C)C)c1. The van der Waals surface area contributed by atoms with Gasteiger partial charge in [0.15, 0.2) is 0 Å². The summed E-state index contributed by atoms with van der Waals surface area (Å²) in [6, 6.07) is 4.56. The minimum Gasteiger partial charge on any atom is -0.372 e. The fourth-order valence-electron chi connectivity index (χ4n) is 2.44. The van der Waals surface area contributed by atoms with Crippen LogP contribution in [0.4, 0.5) is 0 Å². The minimum atomic E-state index is -0.949. The van der Waals surface area contributed by atoms with Gasteiger partial charge in [-0.15, -0.1) is 6.42 Å². The number of primary amides is 1. The number of benzene rings is 1. The van der Waals surface area contributed by atoms with Crippen LogP contribution in [0, 0.1) is 12.3 Å². The highest BCUT2D eigenvalue weighted by molar-refractivity contribution is 5.97. The van der Waals surface area contributed by atoms with E-state index in [2.05, 4.69) is 5.92 Å². The molecule has 0 fully saturated rings. The normalized spacial score (nSPS) is 13.7. The van der Waals surface area contributed by atoms with Crippen LogP contribution in [0.3, 0.4) is 0 Å². The van der Waals surface area contributed by atoms with E-state index in [0.29, 0.717) is 11.1 Å². The quantitative estimate of drug-likeness (QED) is 0.435. The average molecular weight is 318 g/mol. The Hall–Kier alpha value is -2.36. The number of amides is 2. The third-order valence-corrected chi connectivity index (χ3v) is 3.22. The van der Waals surface area contributed by atoms with E-state index in [9.17, 15) is 9.59 Å². The van der Waals surface area contributed by atoms with Crippen molar-refractivity contribution in [1.29, 1.82) is 0 Å². The largest absolute Gasteiger partial charge is 0.372 e. The second-order valence-corrected chi connectivity index (χ2v) is 6.20. The lowest BCUT2D eigenvalue weighted by Crippen LogP contribution is -2.39. The molecule has 23 heavy (non-hydrogen) atoms. The Balaban J connectivity index is 3.45. The molecule has 6 nitrogen and oxygen atoms in total. The molecule has 0 aliphatic heterocycles. The minimum absolute atomic E-state index is 0.155. The Morgan fingerprint density at radius 3 is 2.43 bits per heavy atom. The molecule has 2 atom stereocenters. The van der Waals surface area contributed by atoms with Crippen LogP contribution in [-0.4, -0.2) is 28.7 Å². The molecule has 0 aliphatic rings. The smallest absolute Gasteiger partial charge is 0.253 e. The number of hydrogen-bond acceptors (Lipinski definition) is 4. The Bertz CT molecular complexity index is 641. The molecule has 0 bridgehead atoms. The van der Waals surface area contributed by atoms with Gasteiger partial charge in [-0.2, -0.15) is 0 Å². The van der Waals surface area contributed by atoms with Crippen LogP contribution in [0.25, 0.3) is 0 Å². The standard InChI is InChI=1S/C17H22N2O4/c1-6-11-7-8-12(15(18)20)13(9-11)14(16(21)19-22)10(2)23-17(3,4)5/h1,7-10,14,22H,2-5H3,(H2,18,20)(H,19,21). The summed E-state index contributed by atoms with van der Waals surface area (Å²) >= 11 is 0. The first-order valence-electron chi connectivity index (χ1n) is 7.13. The summed E-state index contributed by atoms with van der Waals surface area (Å²) in [5.74, 6) is 0.0942. The zero-order valence-corrected chi connectivity index (χ0v) is 13.7. The highest BCUT2D eigenvalue weighted by atomic mass is 16.5. The Morgan fingerprint density at radius 2 is 2.00 bits per heavy atom. The topological polar surface area (TPSA) is 102 Å². The molecule has 0 aromatic heterocycles. The summed E-state index contributed by atoms with van der Waals surface area (Å²) in [7, 11) is 0. The molecule has 0 radical (unpaired) electrons. The highest BCUT2D eigenvalue weighted by Gasteiger charge is 2.33. The number of carbonyl (C=O) groups is 2. The number of nitrogens with two attached hydrogens (primary N) is 1. The summed E-state index contributed by atoms with van der Waals surface area (Å²) in [5.41, 5.74) is 7.43. The van der Waals surface area contributed by atoms with Crippen LogP contribution in [0.5, 0.6) is 0 Å². The second-order valence-electron chi connectivity index (χ2n) is 6.20. The fraction of sp³-hybridized carbons (Fsp3) is 0.412. The molecule has 0 aliphatic carbocycles. The van der Waals surface area contributed by atoms with Gasteiger partial charge in [0.2, 0.25) is 5.91 Å². The van der Waals surface area contributed by atoms with Crippen molar-refractivity contribution >= 4 is 11.8 Å². The number of nitrogens with one attached hydrogen (secondary N) is 1. The zero-order chi connectivity index (χ0) is 17.8.